The van der Waals surface area contributed by atoms with Crippen LogP contribution in [0.5, 0.6) is 0 Å². The maximum absolute atomic E-state index is 9.60. The van der Waals surface area contributed by atoms with E-state index in [9.17, 15) is 9.59 Å². The summed E-state index contributed by atoms with van der Waals surface area (Å²) >= 11 is 0. The second kappa shape index (κ2) is 8.01. The van der Waals surface area contributed by atoms with Crippen LogP contribution in [0, 0.1) is 11.3 Å². The Bertz CT molecular complexity index is 260. The van der Waals surface area contributed by atoms with Crippen LogP contribution in [0.3, 0.4) is 0 Å². The molecule has 0 aromatic heterocycles. The summed E-state index contributed by atoms with van der Waals surface area (Å²) in [5.74, 6) is -2.03. The van der Waals surface area contributed by atoms with E-state index in [1.165, 1.54) is 13.0 Å². The minimum Gasteiger partial charge on any atom is -0.478 e. The molecule has 0 rings (SSSR count). The number of aliphatic carboxylic acids is 2. The van der Waals surface area contributed by atoms with Crippen LogP contribution in [0.2, 0.25) is 0 Å². The van der Waals surface area contributed by atoms with Crippen LogP contribution in [0.1, 0.15) is 6.92 Å². The van der Waals surface area contributed by atoms with Gasteiger partial charge < -0.3 is 10.2 Å². The third-order valence-corrected chi connectivity index (χ3v) is 0.666. The Balaban J connectivity index is 0. The average Bonchev–Trinajstić information content (AvgIpc) is 2.01. The summed E-state index contributed by atoms with van der Waals surface area (Å²) in [6.07, 6.45) is 1.68. The van der Waals surface area contributed by atoms with Crippen LogP contribution in [-0.4, -0.2) is 22.2 Å². The van der Waals surface area contributed by atoms with Crippen molar-refractivity contribution in [2.75, 3.05) is 0 Å². The zero-order valence-electron chi connectivity index (χ0n) is 7.02. The van der Waals surface area contributed by atoms with Gasteiger partial charge in [-0.2, -0.15) is 5.26 Å². The summed E-state index contributed by atoms with van der Waals surface area (Å²) in [6, 6.07) is 1.54. The van der Waals surface area contributed by atoms with E-state index in [2.05, 4.69) is 6.58 Å². The van der Waals surface area contributed by atoms with Crippen LogP contribution in [0.15, 0.2) is 24.3 Å². The fourth-order valence-corrected chi connectivity index (χ4v) is 0.109. The molecular weight excluding hydrogens is 174 g/mol. The molecule has 0 bridgehead atoms. The van der Waals surface area contributed by atoms with Gasteiger partial charge in [0.1, 0.15) is 0 Å². The molecule has 13 heavy (non-hydrogen) atoms. The summed E-state index contributed by atoms with van der Waals surface area (Å²) < 4.78 is 0. The molecule has 0 spiro atoms. The van der Waals surface area contributed by atoms with Gasteiger partial charge in [0.2, 0.25) is 0 Å². The number of hydrogen-bond donors (Lipinski definition) is 2. The Morgan fingerprint density at radius 1 is 1.46 bits per heavy atom. The van der Waals surface area contributed by atoms with E-state index in [1.54, 1.807) is 0 Å². The predicted molar refractivity (Wildman–Crippen MR) is 44.8 cm³/mol. The molecule has 5 heteroatoms. The summed E-state index contributed by atoms with van der Waals surface area (Å²) in [5, 5.41) is 23.4. The van der Waals surface area contributed by atoms with Crippen LogP contribution in [0.4, 0.5) is 0 Å². The molecule has 0 unspecified atom stereocenters. The van der Waals surface area contributed by atoms with E-state index in [1.807, 2.05) is 0 Å². The third-order valence-electron chi connectivity index (χ3n) is 0.666. The van der Waals surface area contributed by atoms with Gasteiger partial charge in [-0.3, -0.25) is 0 Å². The lowest BCUT2D eigenvalue weighted by atomic mass is 10.4. The third kappa shape index (κ3) is 17.8. The molecule has 0 amide bonds. The fourth-order valence-electron chi connectivity index (χ4n) is 0.109. The van der Waals surface area contributed by atoms with E-state index < -0.39 is 11.9 Å². The quantitative estimate of drug-likeness (QED) is 0.487. The molecule has 0 aromatic carbocycles. The summed E-state index contributed by atoms with van der Waals surface area (Å²) in [7, 11) is 0. The average molecular weight is 183 g/mol. The van der Waals surface area contributed by atoms with E-state index in [-0.39, 0.29) is 5.57 Å². The molecule has 70 valence electrons. The Morgan fingerprint density at radius 2 is 1.85 bits per heavy atom. The molecule has 0 atom stereocenters. The van der Waals surface area contributed by atoms with Gasteiger partial charge in [-0.05, 0) is 6.92 Å². The fraction of sp³-hybridized carbons (Fsp3) is 0.125. The number of nitrogens with zero attached hydrogens (tertiary/aromatic N) is 1. The molecule has 0 heterocycles. The molecule has 2 N–H and O–H groups in total. The number of hydrogen-bond acceptors (Lipinski definition) is 3. The van der Waals surface area contributed by atoms with E-state index >= 15 is 0 Å². The van der Waals surface area contributed by atoms with Crippen molar-refractivity contribution >= 4 is 11.9 Å². The first-order valence-corrected chi connectivity index (χ1v) is 3.09. The Kier molecular flexibility index (Phi) is 8.32. The van der Waals surface area contributed by atoms with Gasteiger partial charge in [0.05, 0.1) is 6.07 Å². The summed E-state index contributed by atoms with van der Waals surface area (Å²) in [5.41, 5.74) is 0.176. The Hall–Kier alpha value is -2.09. The maximum Gasteiger partial charge on any atom is 0.330 e. The van der Waals surface area contributed by atoms with Crippen molar-refractivity contribution in [3.05, 3.63) is 24.3 Å². The van der Waals surface area contributed by atoms with Crippen molar-refractivity contribution in [3.63, 3.8) is 0 Å². The van der Waals surface area contributed by atoms with E-state index in [0.29, 0.717) is 0 Å². The van der Waals surface area contributed by atoms with Gasteiger partial charge in [-0.1, -0.05) is 6.58 Å². The lowest BCUT2D eigenvalue weighted by molar-refractivity contribution is -0.133. The molecule has 0 saturated carbocycles. The molecule has 0 aliphatic carbocycles. The van der Waals surface area contributed by atoms with Gasteiger partial charge >= 0.3 is 11.9 Å². The van der Waals surface area contributed by atoms with Gasteiger partial charge in [-0.15, -0.1) is 0 Å². The first-order chi connectivity index (χ1) is 5.91. The minimum absolute atomic E-state index is 0.176. The zero-order valence-corrected chi connectivity index (χ0v) is 7.02. The van der Waals surface area contributed by atoms with Crippen LogP contribution < -0.4 is 0 Å². The standard InChI is InChI=1S/C4H3NO2.C4H6O2/c5-3-1-2-4(6)7;1-3(2)4(5)6/h1-2H,(H,6,7);1H2,2H3,(H,5,6). The molecule has 0 aliphatic rings. The van der Waals surface area contributed by atoms with Gasteiger partial charge in [-0.25, -0.2) is 9.59 Å². The van der Waals surface area contributed by atoms with Crippen molar-refractivity contribution < 1.29 is 19.8 Å². The lowest BCUT2D eigenvalue weighted by Crippen LogP contribution is -1.92. The molecule has 0 aliphatic heterocycles. The van der Waals surface area contributed by atoms with Crippen molar-refractivity contribution in [2.24, 2.45) is 0 Å². The monoisotopic (exact) mass is 183 g/mol. The SMILES string of the molecule is C=C(C)C(=O)O.N#CC=CC(=O)O. The van der Waals surface area contributed by atoms with Crippen molar-refractivity contribution in [2.45, 2.75) is 6.92 Å². The number of rotatable bonds is 2. The first kappa shape index (κ1) is 13.5. The summed E-state index contributed by atoms with van der Waals surface area (Å²) in [4.78, 5) is 19.1. The van der Waals surface area contributed by atoms with E-state index in [0.717, 1.165) is 12.2 Å². The topological polar surface area (TPSA) is 98.4 Å². The highest BCUT2D eigenvalue weighted by Crippen LogP contribution is 1.81. The predicted octanol–water partition coefficient (Wildman–Crippen LogP) is 0.798. The van der Waals surface area contributed by atoms with Gasteiger partial charge in [0, 0.05) is 17.7 Å². The van der Waals surface area contributed by atoms with Crippen LogP contribution in [-0.2, 0) is 9.59 Å². The summed E-state index contributed by atoms with van der Waals surface area (Å²) in [6.45, 7) is 4.60. The highest BCUT2D eigenvalue weighted by atomic mass is 16.4. The largest absolute Gasteiger partial charge is 0.478 e. The number of carboxylic acids is 2. The van der Waals surface area contributed by atoms with Crippen molar-refractivity contribution in [3.8, 4) is 6.07 Å². The van der Waals surface area contributed by atoms with Crippen LogP contribution >= 0.6 is 0 Å². The second-order valence-electron chi connectivity index (χ2n) is 1.89. The highest BCUT2D eigenvalue weighted by molar-refractivity contribution is 5.84. The van der Waals surface area contributed by atoms with E-state index in [4.69, 9.17) is 15.5 Å². The zero-order chi connectivity index (χ0) is 10.9. The number of carbonyl (C=O) groups is 2. The number of allylic oxidation sites excluding steroid dienone is 1. The molecular formula is C8H9NO4. The minimum atomic E-state index is -1.10. The molecule has 0 radical (unpaired) electrons. The smallest absolute Gasteiger partial charge is 0.330 e. The normalized spacial score (nSPS) is 8.00. The molecule has 0 saturated heterocycles. The first-order valence-electron chi connectivity index (χ1n) is 3.09. The number of nitriles is 1. The molecule has 0 aromatic rings. The second-order valence-corrected chi connectivity index (χ2v) is 1.89. The maximum atomic E-state index is 9.60. The molecule has 5 nitrogen and oxygen atoms in total. The highest BCUT2D eigenvalue weighted by Gasteiger charge is 1.90. The number of carboxylic acid groups (broad SMARTS) is 2. The van der Waals surface area contributed by atoms with Crippen molar-refractivity contribution in [1.82, 2.24) is 0 Å². The van der Waals surface area contributed by atoms with Gasteiger partial charge in [0.25, 0.3) is 0 Å². The lowest BCUT2D eigenvalue weighted by Gasteiger charge is -1.79. The Morgan fingerprint density at radius 3 is 1.92 bits per heavy atom. The molecule has 0 fully saturated rings. The van der Waals surface area contributed by atoms with Crippen molar-refractivity contribution in [1.29, 1.82) is 5.26 Å². The Labute approximate surface area is 75.2 Å². The van der Waals surface area contributed by atoms with Gasteiger partial charge in [0.15, 0.2) is 0 Å². The van der Waals surface area contributed by atoms with Crippen LogP contribution in [0.25, 0.3) is 0 Å².